The maximum atomic E-state index is 11.3. The third-order valence-corrected chi connectivity index (χ3v) is 2.27. The standard InChI is InChI=1S/C12H22O3/c1-4-5-8-15-12(14)9-10(2)6-7-11(3)13/h10H,4-9H2,1-3H3. The van der Waals surface area contributed by atoms with E-state index in [0.29, 0.717) is 19.4 Å². The summed E-state index contributed by atoms with van der Waals surface area (Å²) >= 11 is 0. The van der Waals surface area contributed by atoms with Crippen LogP contribution in [0.2, 0.25) is 0 Å². The summed E-state index contributed by atoms with van der Waals surface area (Å²) in [6, 6.07) is 0. The van der Waals surface area contributed by atoms with Gasteiger partial charge in [-0.2, -0.15) is 0 Å². The minimum Gasteiger partial charge on any atom is -0.466 e. The Labute approximate surface area is 92.2 Å². The Morgan fingerprint density at radius 1 is 1.33 bits per heavy atom. The normalized spacial score (nSPS) is 12.2. The van der Waals surface area contributed by atoms with Crippen molar-refractivity contribution in [3.05, 3.63) is 0 Å². The molecular formula is C12H22O3. The molecule has 0 amide bonds. The Hall–Kier alpha value is -0.860. The second-order valence-electron chi connectivity index (χ2n) is 4.12. The summed E-state index contributed by atoms with van der Waals surface area (Å²) in [4.78, 5) is 22.0. The van der Waals surface area contributed by atoms with Gasteiger partial charge in [-0.1, -0.05) is 20.3 Å². The van der Waals surface area contributed by atoms with Crippen molar-refractivity contribution in [2.45, 2.75) is 52.9 Å². The molecule has 3 nitrogen and oxygen atoms in total. The molecule has 0 fully saturated rings. The first kappa shape index (κ1) is 14.1. The highest BCUT2D eigenvalue weighted by atomic mass is 16.5. The fourth-order valence-corrected chi connectivity index (χ4v) is 1.23. The van der Waals surface area contributed by atoms with Crippen LogP contribution in [0.1, 0.15) is 52.9 Å². The van der Waals surface area contributed by atoms with Crippen LogP contribution in [0.4, 0.5) is 0 Å². The van der Waals surface area contributed by atoms with Gasteiger partial charge in [-0.25, -0.2) is 0 Å². The van der Waals surface area contributed by atoms with Crippen molar-refractivity contribution in [2.24, 2.45) is 5.92 Å². The summed E-state index contributed by atoms with van der Waals surface area (Å²) in [5.74, 6) is 0.281. The van der Waals surface area contributed by atoms with Gasteiger partial charge in [-0.15, -0.1) is 0 Å². The molecular weight excluding hydrogens is 192 g/mol. The first-order chi connectivity index (χ1) is 7.06. The number of rotatable bonds is 8. The zero-order valence-electron chi connectivity index (χ0n) is 10.0. The summed E-state index contributed by atoms with van der Waals surface area (Å²) in [5, 5.41) is 0. The summed E-state index contributed by atoms with van der Waals surface area (Å²) in [5.41, 5.74) is 0. The van der Waals surface area contributed by atoms with Crippen molar-refractivity contribution >= 4 is 11.8 Å². The number of ketones is 1. The van der Waals surface area contributed by atoms with Gasteiger partial charge in [0.2, 0.25) is 0 Å². The first-order valence-corrected chi connectivity index (χ1v) is 5.71. The molecule has 15 heavy (non-hydrogen) atoms. The summed E-state index contributed by atoms with van der Waals surface area (Å²) < 4.78 is 5.04. The Balaban J connectivity index is 3.53. The van der Waals surface area contributed by atoms with E-state index in [1.165, 1.54) is 0 Å². The number of Topliss-reactive ketones (excluding diaryl/α,β-unsaturated/α-hetero) is 1. The lowest BCUT2D eigenvalue weighted by molar-refractivity contribution is -0.144. The van der Waals surface area contributed by atoms with E-state index in [1.54, 1.807) is 6.92 Å². The molecule has 0 heterocycles. The number of ether oxygens (including phenoxy) is 1. The second kappa shape index (κ2) is 8.45. The average Bonchev–Trinajstić information content (AvgIpc) is 2.15. The summed E-state index contributed by atoms with van der Waals surface area (Å²) in [6.07, 6.45) is 3.72. The van der Waals surface area contributed by atoms with Crippen molar-refractivity contribution in [2.75, 3.05) is 6.61 Å². The van der Waals surface area contributed by atoms with E-state index in [4.69, 9.17) is 4.74 Å². The Morgan fingerprint density at radius 3 is 2.53 bits per heavy atom. The van der Waals surface area contributed by atoms with Crippen molar-refractivity contribution in [1.29, 1.82) is 0 Å². The molecule has 0 aromatic heterocycles. The van der Waals surface area contributed by atoms with Gasteiger partial charge >= 0.3 is 5.97 Å². The van der Waals surface area contributed by atoms with Gasteiger partial charge in [0.05, 0.1) is 6.61 Å². The molecule has 0 aromatic carbocycles. The van der Waals surface area contributed by atoms with Crippen LogP contribution in [0, 0.1) is 5.92 Å². The average molecular weight is 214 g/mol. The maximum Gasteiger partial charge on any atom is 0.306 e. The smallest absolute Gasteiger partial charge is 0.306 e. The number of unbranched alkanes of at least 4 members (excludes halogenated alkanes) is 1. The third kappa shape index (κ3) is 9.44. The molecule has 0 saturated carbocycles. The largest absolute Gasteiger partial charge is 0.466 e. The van der Waals surface area contributed by atoms with E-state index in [-0.39, 0.29) is 17.7 Å². The molecule has 3 heteroatoms. The Bertz CT molecular complexity index is 199. The van der Waals surface area contributed by atoms with Crippen LogP contribution in [0.15, 0.2) is 0 Å². The van der Waals surface area contributed by atoms with E-state index in [1.807, 2.05) is 6.92 Å². The molecule has 1 unspecified atom stereocenters. The molecule has 0 N–H and O–H groups in total. The molecule has 88 valence electrons. The van der Waals surface area contributed by atoms with E-state index in [2.05, 4.69) is 6.92 Å². The second-order valence-corrected chi connectivity index (χ2v) is 4.12. The minimum atomic E-state index is -0.139. The van der Waals surface area contributed by atoms with E-state index >= 15 is 0 Å². The highest BCUT2D eigenvalue weighted by molar-refractivity contribution is 5.75. The lowest BCUT2D eigenvalue weighted by atomic mass is 10.0. The van der Waals surface area contributed by atoms with Gasteiger partial charge in [0.25, 0.3) is 0 Å². The topological polar surface area (TPSA) is 43.4 Å². The zero-order valence-corrected chi connectivity index (χ0v) is 10.0. The van der Waals surface area contributed by atoms with Gasteiger partial charge in [-0.3, -0.25) is 4.79 Å². The van der Waals surface area contributed by atoms with Crippen LogP contribution in [0.5, 0.6) is 0 Å². The van der Waals surface area contributed by atoms with Gasteiger partial charge in [-0.05, 0) is 25.7 Å². The lowest BCUT2D eigenvalue weighted by Gasteiger charge is -2.09. The highest BCUT2D eigenvalue weighted by Crippen LogP contribution is 2.11. The molecule has 0 spiro atoms. The monoisotopic (exact) mass is 214 g/mol. The Kier molecular flexibility index (Phi) is 7.96. The number of hydrogen-bond acceptors (Lipinski definition) is 3. The maximum absolute atomic E-state index is 11.3. The van der Waals surface area contributed by atoms with Crippen LogP contribution in [-0.2, 0) is 14.3 Å². The number of carbonyl (C=O) groups is 2. The molecule has 0 rings (SSSR count). The first-order valence-electron chi connectivity index (χ1n) is 5.71. The fourth-order valence-electron chi connectivity index (χ4n) is 1.23. The minimum absolute atomic E-state index is 0.139. The molecule has 0 aliphatic heterocycles. The quantitative estimate of drug-likeness (QED) is 0.461. The summed E-state index contributed by atoms with van der Waals surface area (Å²) in [6.45, 7) is 6.13. The van der Waals surface area contributed by atoms with Crippen LogP contribution < -0.4 is 0 Å². The van der Waals surface area contributed by atoms with Gasteiger partial charge < -0.3 is 9.53 Å². The predicted octanol–water partition coefficient (Wildman–Crippen LogP) is 2.73. The molecule has 0 aliphatic rings. The molecule has 0 bridgehead atoms. The number of hydrogen-bond donors (Lipinski definition) is 0. The van der Waals surface area contributed by atoms with Crippen molar-refractivity contribution < 1.29 is 14.3 Å². The van der Waals surface area contributed by atoms with Gasteiger partial charge in [0, 0.05) is 12.8 Å². The van der Waals surface area contributed by atoms with Crippen molar-refractivity contribution in [1.82, 2.24) is 0 Å². The number of esters is 1. The van der Waals surface area contributed by atoms with Crippen molar-refractivity contribution in [3.63, 3.8) is 0 Å². The molecule has 0 aliphatic carbocycles. The molecule has 0 aromatic rings. The molecule has 0 saturated heterocycles. The van der Waals surface area contributed by atoms with E-state index in [9.17, 15) is 9.59 Å². The lowest BCUT2D eigenvalue weighted by Crippen LogP contribution is -2.11. The van der Waals surface area contributed by atoms with Crippen LogP contribution in [0.3, 0.4) is 0 Å². The van der Waals surface area contributed by atoms with Gasteiger partial charge in [0.1, 0.15) is 5.78 Å². The van der Waals surface area contributed by atoms with Crippen molar-refractivity contribution in [3.8, 4) is 0 Å². The summed E-state index contributed by atoms with van der Waals surface area (Å²) in [7, 11) is 0. The van der Waals surface area contributed by atoms with Crippen LogP contribution >= 0.6 is 0 Å². The zero-order chi connectivity index (χ0) is 11.7. The predicted molar refractivity (Wildman–Crippen MR) is 59.6 cm³/mol. The van der Waals surface area contributed by atoms with E-state index < -0.39 is 0 Å². The van der Waals surface area contributed by atoms with Crippen LogP contribution in [0.25, 0.3) is 0 Å². The van der Waals surface area contributed by atoms with Crippen LogP contribution in [-0.4, -0.2) is 18.4 Å². The Morgan fingerprint density at radius 2 is 2.00 bits per heavy atom. The SMILES string of the molecule is CCCCOC(=O)CC(C)CCC(C)=O. The van der Waals surface area contributed by atoms with Gasteiger partial charge in [0.15, 0.2) is 0 Å². The fraction of sp³-hybridized carbons (Fsp3) is 0.833. The highest BCUT2D eigenvalue weighted by Gasteiger charge is 2.10. The third-order valence-electron chi connectivity index (χ3n) is 2.27. The molecule has 0 radical (unpaired) electrons. The van der Waals surface area contributed by atoms with E-state index in [0.717, 1.165) is 19.3 Å². The number of carbonyl (C=O) groups excluding carboxylic acids is 2. The molecule has 1 atom stereocenters.